The fraction of sp³-hybridized carbons (Fsp3) is 0.456. The lowest BCUT2D eigenvalue weighted by Crippen LogP contribution is -2.47. The number of hydrogen-bond acceptors (Lipinski definition) is 18. The minimum absolute atomic E-state index is 0.00683. The van der Waals surface area contributed by atoms with Gasteiger partial charge >= 0.3 is 11.8 Å². The van der Waals surface area contributed by atoms with Gasteiger partial charge in [0.1, 0.15) is 28.6 Å². The highest BCUT2D eigenvalue weighted by Gasteiger charge is 2.50. The average molecular weight is 1060 g/mol. The molecule has 0 aliphatic carbocycles. The Bertz CT molecular complexity index is 3190. The number of nitrogens with zero attached hydrogens (tertiary/aromatic N) is 4. The van der Waals surface area contributed by atoms with Crippen molar-refractivity contribution in [3.63, 3.8) is 0 Å². The van der Waals surface area contributed by atoms with Gasteiger partial charge in [0.2, 0.25) is 0 Å². The third kappa shape index (κ3) is 12.0. The van der Waals surface area contributed by atoms with Crippen LogP contribution >= 0.6 is 0 Å². The number of hydrogen-bond donors (Lipinski definition) is 6. The van der Waals surface area contributed by atoms with Gasteiger partial charge in [0.25, 0.3) is 17.6 Å². The fourth-order valence-electron chi connectivity index (χ4n) is 10.3. The van der Waals surface area contributed by atoms with Crippen molar-refractivity contribution < 1.29 is 57.9 Å². The van der Waals surface area contributed by atoms with Crippen LogP contribution in [-0.2, 0) is 23.8 Å². The Labute approximate surface area is 446 Å². The number of nitrogens with one attached hydrogen (secondary N) is 2. The summed E-state index contributed by atoms with van der Waals surface area (Å²) >= 11 is 0. The Morgan fingerprint density at radius 2 is 1.65 bits per heavy atom. The monoisotopic (exact) mass is 1060 g/mol. The van der Waals surface area contributed by atoms with E-state index in [0.29, 0.717) is 22.6 Å². The number of phenolic OH excluding ortho intramolecular Hbond substituents is 1. The molecule has 0 saturated carbocycles. The number of benzene rings is 3. The molecule has 9 atom stereocenters. The van der Waals surface area contributed by atoms with E-state index in [1.54, 1.807) is 65.0 Å². The largest absolute Gasteiger partial charge is 0.505 e. The minimum atomic E-state index is -2.03. The summed E-state index contributed by atoms with van der Waals surface area (Å²) in [7, 11) is 1.45. The van der Waals surface area contributed by atoms with Crippen LogP contribution < -0.4 is 31.7 Å². The summed E-state index contributed by atoms with van der Waals surface area (Å²) in [6, 6.07) is 8.76. The van der Waals surface area contributed by atoms with E-state index in [9.17, 15) is 39.3 Å². The lowest BCUT2D eigenvalue weighted by atomic mass is 9.78. The van der Waals surface area contributed by atoms with Crippen LogP contribution in [0.25, 0.3) is 33.0 Å². The molecule has 3 aliphatic heterocycles. The highest BCUT2D eigenvalue weighted by molar-refractivity contribution is 6.26. The number of anilines is 2. The topological polar surface area (TPSA) is 278 Å². The number of aromatic nitrogens is 2. The van der Waals surface area contributed by atoms with Crippen molar-refractivity contribution in [2.75, 3.05) is 50.1 Å². The lowest BCUT2D eigenvalue weighted by molar-refractivity contribution is -0.160. The Kier molecular flexibility index (Phi) is 17.9. The molecule has 2 aromatic heterocycles. The number of allylic oxidation sites excluding steroid dienone is 2. The highest BCUT2D eigenvalue weighted by atomic mass is 16.7. The van der Waals surface area contributed by atoms with Gasteiger partial charge in [-0.2, -0.15) is 0 Å². The van der Waals surface area contributed by atoms with Crippen molar-refractivity contribution in [1.29, 1.82) is 0 Å². The van der Waals surface area contributed by atoms with E-state index in [4.69, 9.17) is 34.2 Å². The van der Waals surface area contributed by atoms with Gasteiger partial charge < -0.3 is 48.9 Å². The first kappa shape index (κ1) is 57.5. The predicted octanol–water partition coefficient (Wildman–Crippen LogP) is 6.46. The summed E-state index contributed by atoms with van der Waals surface area (Å²) in [5.41, 5.74) is 3.30. The van der Waals surface area contributed by atoms with Gasteiger partial charge in [-0.15, -0.1) is 0 Å². The number of esters is 1. The molecule has 3 aliphatic rings. The van der Waals surface area contributed by atoms with Crippen molar-refractivity contribution in [2.45, 2.75) is 99.4 Å². The van der Waals surface area contributed by atoms with E-state index >= 15 is 0 Å². The predicted molar refractivity (Wildman–Crippen MR) is 291 cm³/mol. The molecule has 20 nitrogen and oxygen atoms in total. The summed E-state index contributed by atoms with van der Waals surface area (Å²) < 4.78 is 30.6. The molecule has 4 bridgehead atoms. The zero-order valence-electron chi connectivity index (χ0n) is 45.5. The SMILES string of the molecule is CO[C@H]1/C=C/O[C@@]2(C)Oc3c(C)c(=O)c4c(O)c(c5oc6cc(N7CCN(CC(C)C)CC7)ccc6nc5c4c3C2=O)NC(=O)/C(C)=C\C=C\[C@H](C)[C@H](O)[C@@H](C)[C@@H](O)[C@@H](C)[C@H](OC(C)=O)[C@@H]1C.NNC(=O)c1ccncc1. The van der Waals surface area contributed by atoms with Gasteiger partial charge in [0, 0.05) is 124 Å². The van der Waals surface area contributed by atoms with E-state index in [0.717, 1.165) is 38.4 Å². The number of nitrogen functional groups attached to an aromatic ring is 1. The summed E-state index contributed by atoms with van der Waals surface area (Å²) in [6.07, 6.45) is 6.78. The van der Waals surface area contributed by atoms with Crippen LogP contribution in [0, 0.1) is 36.5 Å². The summed E-state index contributed by atoms with van der Waals surface area (Å²) in [4.78, 5) is 79.9. The van der Waals surface area contributed by atoms with Crippen LogP contribution in [0.4, 0.5) is 11.4 Å². The van der Waals surface area contributed by atoms with Crippen molar-refractivity contribution in [3.8, 4) is 11.5 Å². The van der Waals surface area contributed by atoms with E-state index in [1.165, 1.54) is 58.7 Å². The lowest BCUT2D eigenvalue weighted by Gasteiger charge is -2.38. The summed E-state index contributed by atoms with van der Waals surface area (Å²) in [5, 5.41) is 37.7. The maximum Gasteiger partial charge on any atom is 0.312 e. The van der Waals surface area contributed by atoms with Crippen molar-refractivity contribution in [2.24, 2.45) is 35.4 Å². The molecule has 0 spiro atoms. The number of rotatable bonds is 6. The van der Waals surface area contributed by atoms with Gasteiger partial charge in [0.05, 0.1) is 35.5 Å². The Balaban J connectivity index is 0.000000773. The van der Waals surface area contributed by atoms with Crippen LogP contribution in [-0.4, -0.2) is 124 Å². The number of amides is 2. The Hall–Kier alpha value is -7.23. The number of fused-ring (bicyclic) bond motifs is 2. The molecular formula is C57H71N7O13. The number of ether oxygens (including phenoxy) is 4. The van der Waals surface area contributed by atoms with Gasteiger partial charge in [-0.05, 0) is 50.1 Å². The molecule has 412 valence electrons. The molecule has 0 unspecified atom stereocenters. The quantitative estimate of drug-likeness (QED) is 0.0202. The third-order valence-corrected chi connectivity index (χ3v) is 14.7. The molecule has 5 heterocycles. The molecule has 3 aromatic carbocycles. The normalized spacial score (nSPS) is 27.1. The number of ketones is 1. The number of nitrogens with two attached hydrogens (primary N) is 1. The van der Waals surface area contributed by atoms with Crippen LogP contribution in [0.2, 0.25) is 0 Å². The molecule has 2 amide bonds. The van der Waals surface area contributed by atoms with E-state index in [-0.39, 0.29) is 55.9 Å². The summed E-state index contributed by atoms with van der Waals surface area (Å²) in [6.45, 7) is 21.5. The smallest absolute Gasteiger partial charge is 0.312 e. The first-order valence-corrected chi connectivity index (χ1v) is 25.8. The number of aromatic hydroxyl groups is 1. The van der Waals surface area contributed by atoms with E-state index in [1.807, 2.05) is 17.6 Å². The molecule has 0 radical (unpaired) electrons. The second-order valence-corrected chi connectivity index (χ2v) is 20.8. The van der Waals surface area contributed by atoms with Crippen LogP contribution in [0.5, 0.6) is 11.5 Å². The van der Waals surface area contributed by atoms with E-state index in [2.05, 4.69) is 33.9 Å². The molecule has 1 fully saturated rings. The van der Waals surface area contributed by atoms with Crippen LogP contribution in [0.1, 0.15) is 88.6 Å². The van der Waals surface area contributed by atoms with Gasteiger partial charge in [0.15, 0.2) is 22.3 Å². The standard InChI is InChI=1S/C51H64N4O12.C6H7N3O/c1-25(2)24-54-18-20-55(21-19-54)33-15-16-34-36(23-33)66-48-40(52-34)37-38-44(59)31(8)47-39(37)49(61)51(10,67-47)64-22-17-35(63-11)28(5)46(65-32(9)56)30(7)43(58)29(6)42(57)26(3)13-12-14-27(4)50(62)53-41(48)45(38)60;7-9-6(10)5-1-3-8-4-2-5/h12-17,22-23,25-26,28-30,35,42-43,46,57-58,60H,18-21,24H2,1-11H3,(H,53,62);1-4H,7H2,(H,9,10)/b13-12+,22-17+,27-14-;/t26-,28+,29+,30+,35-,42-,43+,46+,51-;/m0./s1. The Morgan fingerprint density at radius 3 is 2.29 bits per heavy atom. The molecule has 5 aromatic rings. The van der Waals surface area contributed by atoms with Crippen molar-refractivity contribution >= 4 is 67.9 Å². The fourth-order valence-corrected chi connectivity index (χ4v) is 10.3. The number of carbonyl (C=O) groups is 4. The number of phenols is 1. The number of carbonyl (C=O) groups excluding carboxylic acids is 4. The second kappa shape index (κ2) is 24.0. The second-order valence-electron chi connectivity index (χ2n) is 20.8. The van der Waals surface area contributed by atoms with Gasteiger partial charge in [-0.1, -0.05) is 59.8 Å². The third-order valence-electron chi connectivity index (χ3n) is 14.7. The first-order valence-electron chi connectivity index (χ1n) is 25.8. The molecular weight excluding hydrogens is 991 g/mol. The molecule has 7 N–H and O–H groups in total. The number of hydrazine groups is 1. The molecule has 1 saturated heterocycles. The summed E-state index contributed by atoms with van der Waals surface area (Å²) in [5.74, 6) is -2.00. The molecule has 8 rings (SSSR count). The number of methoxy groups -OCH3 is 1. The number of pyridine rings is 1. The van der Waals surface area contributed by atoms with Crippen molar-refractivity contribution in [3.05, 3.63) is 106 Å². The Morgan fingerprint density at radius 1 is 0.961 bits per heavy atom. The van der Waals surface area contributed by atoms with E-state index < -0.39 is 82.7 Å². The number of aliphatic hydroxyl groups excluding tert-OH is 2. The minimum Gasteiger partial charge on any atom is -0.505 e. The maximum atomic E-state index is 14.8. The zero-order valence-corrected chi connectivity index (χ0v) is 45.5. The van der Waals surface area contributed by atoms with Gasteiger partial charge in [-0.25, -0.2) is 10.8 Å². The number of aliphatic hydroxyl groups is 2. The highest BCUT2D eigenvalue weighted by Crippen LogP contribution is 2.48. The molecule has 77 heavy (non-hydrogen) atoms. The maximum absolute atomic E-state index is 14.8. The zero-order chi connectivity index (χ0) is 56.2. The molecule has 20 heteroatoms. The number of Topliss-reactive ketones (excluding diaryl/α,β-unsaturated/α-hetero) is 1. The first-order chi connectivity index (χ1) is 36.5. The van der Waals surface area contributed by atoms with Crippen molar-refractivity contribution in [1.82, 2.24) is 20.3 Å². The van der Waals surface area contributed by atoms with Crippen LogP contribution in [0.3, 0.4) is 0 Å². The van der Waals surface area contributed by atoms with Crippen LogP contribution in [0.15, 0.2) is 88.1 Å². The van der Waals surface area contributed by atoms with Gasteiger partial charge in [-0.3, -0.25) is 39.3 Å². The number of piperazine rings is 1. The average Bonchev–Trinajstić information content (AvgIpc) is 3.71.